The Morgan fingerprint density at radius 1 is 0.973 bits per heavy atom. The number of hydrogen-bond acceptors (Lipinski definition) is 6. The molecular weight excluding hydrogens is 493 g/mol. The van der Waals surface area contributed by atoms with E-state index >= 15 is 0 Å². The third-order valence-corrected chi connectivity index (χ3v) is 5.08. The van der Waals surface area contributed by atoms with Crippen molar-refractivity contribution in [1.82, 2.24) is 0 Å². The quantitative estimate of drug-likeness (QED) is 0.304. The second-order valence-electron chi connectivity index (χ2n) is 7.68. The van der Waals surface area contributed by atoms with Crippen LogP contribution < -0.4 is 10.6 Å². The molecular formula is C25H17F3N4O5. The second-order valence-corrected chi connectivity index (χ2v) is 7.68. The van der Waals surface area contributed by atoms with Crippen molar-refractivity contribution >= 4 is 34.9 Å². The molecule has 3 rings (SSSR count). The highest BCUT2D eigenvalue weighted by atomic mass is 19.4. The number of carbonyl (C=O) groups excluding carboxylic acids is 2. The molecule has 0 radical (unpaired) electrons. The molecule has 3 aromatic carbocycles. The van der Waals surface area contributed by atoms with Crippen LogP contribution in [0.2, 0.25) is 0 Å². The van der Waals surface area contributed by atoms with Crippen LogP contribution in [0.3, 0.4) is 0 Å². The van der Waals surface area contributed by atoms with Gasteiger partial charge >= 0.3 is 12.1 Å². The molecule has 0 saturated carbocycles. The van der Waals surface area contributed by atoms with Crippen LogP contribution in [0.1, 0.15) is 34.0 Å². The Bertz CT molecular complexity index is 1480. The summed E-state index contributed by atoms with van der Waals surface area (Å²) in [5, 5.41) is 41.4. The molecule has 9 nitrogen and oxygen atoms in total. The zero-order valence-corrected chi connectivity index (χ0v) is 18.9. The van der Waals surface area contributed by atoms with Gasteiger partial charge in [0, 0.05) is 18.2 Å². The number of phenols is 1. The largest absolute Gasteiger partial charge is 0.507 e. The molecule has 0 fully saturated rings. The van der Waals surface area contributed by atoms with Crippen LogP contribution in [0.5, 0.6) is 5.75 Å². The van der Waals surface area contributed by atoms with E-state index in [2.05, 4.69) is 10.6 Å². The van der Waals surface area contributed by atoms with Gasteiger partial charge in [0.05, 0.1) is 28.4 Å². The Hall–Kier alpha value is -5.18. The Morgan fingerprint density at radius 3 is 2.16 bits per heavy atom. The predicted octanol–water partition coefficient (Wildman–Crippen LogP) is 4.61. The molecule has 0 saturated heterocycles. The monoisotopic (exact) mass is 510 g/mol. The molecule has 12 heteroatoms. The van der Waals surface area contributed by atoms with Crippen LogP contribution in [0.25, 0.3) is 11.1 Å². The number of hydrogen-bond donors (Lipinski definition) is 5. The number of benzene rings is 3. The van der Waals surface area contributed by atoms with Gasteiger partial charge in [0.1, 0.15) is 11.5 Å². The van der Waals surface area contributed by atoms with Gasteiger partial charge in [-0.15, -0.1) is 0 Å². The third-order valence-electron chi connectivity index (χ3n) is 5.08. The molecule has 0 atom stereocenters. The first-order valence-electron chi connectivity index (χ1n) is 10.3. The fourth-order valence-corrected chi connectivity index (χ4v) is 3.41. The van der Waals surface area contributed by atoms with E-state index in [-0.39, 0.29) is 22.7 Å². The number of anilines is 2. The first-order chi connectivity index (χ1) is 17.3. The van der Waals surface area contributed by atoms with Crippen molar-refractivity contribution in [3.05, 3.63) is 76.9 Å². The lowest BCUT2D eigenvalue weighted by Crippen LogP contribution is -2.25. The number of alkyl halides is 3. The summed E-state index contributed by atoms with van der Waals surface area (Å²) in [6.45, 7) is 1.27. The minimum absolute atomic E-state index is 0.0152. The van der Waals surface area contributed by atoms with Gasteiger partial charge in [-0.3, -0.25) is 15.0 Å². The fourth-order valence-electron chi connectivity index (χ4n) is 3.41. The van der Waals surface area contributed by atoms with Gasteiger partial charge < -0.3 is 20.8 Å². The van der Waals surface area contributed by atoms with E-state index in [4.69, 9.17) is 10.7 Å². The average Bonchev–Trinajstić information content (AvgIpc) is 2.82. The number of carboxylic acids is 1. The summed E-state index contributed by atoms with van der Waals surface area (Å²) in [5.74, 6) is -3.95. The van der Waals surface area contributed by atoms with E-state index in [1.165, 1.54) is 37.3 Å². The number of halogens is 3. The average molecular weight is 510 g/mol. The first-order valence-corrected chi connectivity index (χ1v) is 10.3. The summed E-state index contributed by atoms with van der Waals surface area (Å²) >= 11 is 0. The molecule has 2 amide bonds. The number of nitrogens with zero attached hydrogens (tertiary/aromatic N) is 1. The molecule has 0 aliphatic heterocycles. The van der Waals surface area contributed by atoms with Gasteiger partial charge in [-0.05, 0) is 53.6 Å². The number of nitriles is 1. The molecule has 0 spiro atoms. The second kappa shape index (κ2) is 10.2. The summed E-state index contributed by atoms with van der Waals surface area (Å²) in [4.78, 5) is 35.2. The normalized spacial score (nSPS) is 10.8. The maximum Gasteiger partial charge on any atom is 0.417 e. The lowest BCUT2D eigenvalue weighted by atomic mass is 9.94. The van der Waals surface area contributed by atoms with E-state index < -0.39 is 51.8 Å². The molecule has 0 heterocycles. The van der Waals surface area contributed by atoms with Crippen molar-refractivity contribution in [2.45, 2.75) is 13.1 Å². The number of carbonyl (C=O) groups is 3. The number of aromatic hydroxyl groups is 1. The third kappa shape index (κ3) is 5.91. The molecule has 188 valence electrons. The molecule has 0 aromatic heterocycles. The Kier molecular flexibility index (Phi) is 7.29. The number of amides is 2. The highest BCUT2D eigenvalue weighted by Crippen LogP contribution is 2.41. The van der Waals surface area contributed by atoms with E-state index in [0.717, 1.165) is 18.2 Å². The highest BCUT2D eigenvalue weighted by molar-refractivity contribution is 6.48. The molecule has 0 aliphatic rings. The predicted molar refractivity (Wildman–Crippen MR) is 126 cm³/mol. The molecule has 0 unspecified atom stereocenters. The van der Waals surface area contributed by atoms with Crippen LogP contribution in [0, 0.1) is 16.7 Å². The fraction of sp³-hybridized carbons (Fsp3) is 0.0800. The Balaban J connectivity index is 2.00. The van der Waals surface area contributed by atoms with Crippen LogP contribution in [-0.2, 0) is 15.8 Å². The molecule has 0 aliphatic carbocycles. The van der Waals surface area contributed by atoms with Crippen LogP contribution in [-0.4, -0.2) is 33.7 Å². The van der Waals surface area contributed by atoms with E-state index in [1.807, 2.05) is 0 Å². The smallest absolute Gasteiger partial charge is 0.417 e. The SMILES string of the molecule is CC(=O)Nc1ccc(-c2cc(O)c(C(=N)C(=O)Nc3ccc(C#N)cc3C(=O)O)cc2C(F)(F)F)cc1. The van der Waals surface area contributed by atoms with Crippen molar-refractivity contribution in [3.8, 4) is 22.9 Å². The number of rotatable bonds is 6. The van der Waals surface area contributed by atoms with Crippen LogP contribution in [0.15, 0.2) is 54.6 Å². The maximum absolute atomic E-state index is 13.9. The number of nitrogens with one attached hydrogen (secondary N) is 3. The molecule has 37 heavy (non-hydrogen) atoms. The van der Waals surface area contributed by atoms with Crippen molar-refractivity contribution in [3.63, 3.8) is 0 Å². The van der Waals surface area contributed by atoms with Gasteiger partial charge in [-0.2, -0.15) is 18.4 Å². The number of carboxylic acid groups (broad SMARTS) is 1. The molecule has 0 bridgehead atoms. The van der Waals surface area contributed by atoms with Crippen molar-refractivity contribution in [1.29, 1.82) is 10.7 Å². The first kappa shape index (κ1) is 26.4. The summed E-state index contributed by atoms with van der Waals surface area (Å²) in [6.07, 6.45) is -4.94. The minimum Gasteiger partial charge on any atom is -0.507 e. The maximum atomic E-state index is 13.9. The number of aromatic carboxylic acids is 1. The standard InChI is InChI=1S/C25H17F3N4O5/c1-12(33)31-15-5-3-14(4-6-15)16-10-21(34)18(9-19(16)25(26,27)28)22(30)23(35)32-20-7-2-13(11-29)8-17(20)24(36)37/h2-10,30,34H,1H3,(H,31,33)(H,32,35)(H,36,37). The van der Waals surface area contributed by atoms with E-state index in [1.54, 1.807) is 6.07 Å². The van der Waals surface area contributed by atoms with Gasteiger partial charge in [0.2, 0.25) is 5.91 Å². The lowest BCUT2D eigenvalue weighted by molar-refractivity contribution is -0.137. The summed E-state index contributed by atoms with van der Waals surface area (Å²) in [6, 6.07) is 11.6. The van der Waals surface area contributed by atoms with Crippen LogP contribution in [0.4, 0.5) is 24.5 Å². The highest BCUT2D eigenvalue weighted by Gasteiger charge is 2.36. The molecule has 5 N–H and O–H groups in total. The topological polar surface area (TPSA) is 163 Å². The molecule has 3 aromatic rings. The minimum atomic E-state index is -4.94. The van der Waals surface area contributed by atoms with Crippen molar-refractivity contribution in [2.24, 2.45) is 0 Å². The summed E-state index contributed by atoms with van der Waals surface area (Å²) < 4.78 is 41.8. The van der Waals surface area contributed by atoms with Crippen LogP contribution >= 0.6 is 0 Å². The van der Waals surface area contributed by atoms with Gasteiger partial charge in [0.25, 0.3) is 5.91 Å². The summed E-state index contributed by atoms with van der Waals surface area (Å²) in [5.41, 5.74) is -3.88. The van der Waals surface area contributed by atoms with Gasteiger partial charge in [0.15, 0.2) is 0 Å². The van der Waals surface area contributed by atoms with Gasteiger partial charge in [-0.1, -0.05) is 12.1 Å². The van der Waals surface area contributed by atoms with E-state index in [0.29, 0.717) is 11.8 Å². The number of phenolic OH excluding ortho intramolecular Hbond substituents is 1. The van der Waals surface area contributed by atoms with Crippen molar-refractivity contribution < 1.29 is 37.8 Å². The Labute approximate surface area is 207 Å². The van der Waals surface area contributed by atoms with Crippen molar-refractivity contribution in [2.75, 3.05) is 10.6 Å². The zero-order valence-electron chi connectivity index (χ0n) is 18.9. The van der Waals surface area contributed by atoms with E-state index in [9.17, 15) is 37.8 Å². The summed E-state index contributed by atoms with van der Waals surface area (Å²) in [7, 11) is 0. The van der Waals surface area contributed by atoms with Gasteiger partial charge in [-0.25, -0.2) is 4.79 Å². The Morgan fingerprint density at radius 2 is 1.62 bits per heavy atom. The lowest BCUT2D eigenvalue weighted by Gasteiger charge is -2.17. The zero-order chi connectivity index (χ0) is 27.5.